The Bertz CT molecular complexity index is 761. The van der Waals surface area contributed by atoms with Gasteiger partial charge in [-0.2, -0.15) is 0 Å². The summed E-state index contributed by atoms with van der Waals surface area (Å²) in [7, 11) is 4.84. The van der Waals surface area contributed by atoms with Crippen LogP contribution in [-0.2, 0) is 28.8 Å². The third kappa shape index (κ3) is 33.6. The quantitative estimate of drug-likeness (QED) is 0.195. The lowest BCUT2D eigenvalue weighted by atomic mass is 10.2. The number of carbonyl (C=O) groups excluding carboxylic acids is 5. The molecule has 0 bridgehead atoms. The zero-order valence-electron chi connectivity index (χ0n) is 22.0. The van der Waals surface area contributed by atoms with Crippen molar-refractivity contribution in [3.8, 4) is 0 Å². The van der Waals surface area contributed by atoms with Gasteiger partial charge in [0, 0.05) is 38.2 Å². The Morgan fingerprint density at radius 1 is 1.00 bits per heavy atom. The molecular formula is C25H44N4O6S2. The summed E-state index contributed by atoms with van der Waals surface area (Å²) in [6.07, 6.45) is 9.41. The number of nitrogens with two attached hydrogens (primary N) is 2. The van der Waals surface area contributed by atoms with E-state index in [-0.39, 0.29) is 43.1 Å². The lowest BCUT2D eigenvalue weighted by Crippen LogP contribution is -2.24. The molecule has 0 aliphatic carbocycles. The standard InChI is InChI=1S/C6H13NO2.C6H7NS2.C5H5NO2.C4H8O.C3H7NO.CH4/c1-6(8)4-2-3-5-9-7;1-8-9-6-4-2-3-5-7-6;1-6-4(7)2-3-5(6)8;1-3-4(2)5;1-3(5)2-4;/h2-5,7H2,1H3;2-5H,1H3;2-3H,1H3;3H2,1-2H3;2,4H2,1H3;1H4. The van der Waals surface area contributed by atoms with Gasteiger partial charge in [-0.15, -0.1) is 0 Å². The largest absolute Gasteiger partial charge is 0.324 e. The molecule has 4 N–H and O–H groups in total. The molecule has 2 amide bonds. The van der Waals surface area contributed by atoms with Crippen molar-refractivity contribution in [2.45, 2.75) is 65.8 Å². The third-order valence-corrected chi connectivity index (χ3v) is 5.25. The number of aromatic nitrogens is 1. The molecule has 212 valence electrons. The molecule has 1 aromatic rings. The van der Waals surface area contributed by atoms with Gasteiger partial charge in [-0.3, -0.25) is 19.3 Å². The monoisotopic (exact) mass is 560 g/mol. The van der Waals surface area contributed by atoms with Gasteiger partial charge in [0.2, 0.25) is 0 Å². The molecule has 0 saturated carbocycles. The molecule has 0 fully saturated rings. The molecule has 10 nitrogen and oxygen atoms in total. The van der Waals surface area contributed by atoms with Crippen molar-refractivity contribution in [3.05, 3.63) is 36.5 Å². The Kier molecular flexibility index (Phi) is 33.7. The Morgan fingerprint density at radius 3 is 1.78 bits per heavy atom. The minimum Gasteiger partial charge on any atom is -0.324 e. The molecule has 12 heteroatoms. The Morgan fingerprint density at radius 2 is 1.51 bits per heavy atom. The highest BCUT2D eigenvalue weighted by atomic mass is 33.1. The summed E-state index contributed by atoms with van der Waals surface area (Å²) in [4.78, 5) is 60.1. The van der Waals surface area contributed by atoms with E-state index >= 15 is 0 Å². The van der Waals surface area contributed by atoms with E-state index in [1.165, 1.54) is 26.1 Å². The fraction of sp³-hybridized carbons (Fsp3) is 0.520. The zero-order valence-corrected chi connectivity index (χ0v) is 23.7. The van der Waals surface area contributed by atoms with Crippen LogP contribution in [0.4, 0.5) is 0 Å². The average Bonchev–Trinajstić information content (AvgIpc) is 3.15. The molecule has 2 rings (SSSR count). The number of Topliss-reactive ketones (excluding diaryl/α,β-unsaturated/α-hetero) is 3. The van der Waals surface area contributed by atoms with Gasteiger partial charge in [0.15, 0.2) is 0 Å². The van der Waals surface area contributed by atoms with Crippen molar-refractivity contribution in [2.75, 3.05) is 26.5 Å². The summed E-state index contributed by atoms with van der Waals surface area (Å²) in [6.45, 7) is 7.19. The SMILES string of the molecule is C.CC(=O)CCCCON.CC(=O)CN.CCC(C)=O.CN1C(=O)C=CC1=O.CSSc1ccccn1. The van der Waals surface area contributed by atoms with Gasteiger partial charge < -0.3 is 20.2 Å². The van der Waals surface area contributed by atoms with Gasteiger partial charge in [0.05, 0.1) is 13.2 Å². The molecule has 0 atom stereocenters. The van der Waals surface area contributed by atoms with Crippen LogP contribution in [0.5, 0.6) is 0 Å². The topological polar surface area (TPSA) is 163 Å². The average molecular weight is 561 g/mol. The number of ketones is 3. The maximum absolute atomic E-state index is 10.4. The van der Waals surface area contributed by atoms with Crippen molar-refractivity contribution in [3.63, 3.8) is 0 Å². The van der Waals surface area contributed by atoms with Gasteiger partial charge in [0.25, 0.3) is 11.8 Å². The van der Waals surface area contributed by atoms with Gasteiger partial charge in [-0.05, 0) is 62.8 Å². The van der Waals surface area contributed by atoms with Crippen LogP contribution in [0.15, 0.2) is 41.6 Å². The summed E-state index contributed by atoms with van der Waals surface area (Å²) >= 11 is 0. The fourth-order valence-corrected chi connectivity index (χ4v) is 2.73. The van der Waals surface area contributed by atoms with Gasteiger partial charge in [-0.1, -0.05) is 31.2 Å². The Balaban J connectivity index is -0.000000187. The number of amides is 2. The van der Waals surface area contributed by atoms with Crippen molar-refractivity contribution in [1.82, 2.24) is 9.88 Å². The molecule has 1 aliphatic rings. The highest BCUT2D eigenvalue weighted by Crippen LogP contribution is 2.25. The highest BCUT2D eigenvalue weighted by Gasteiger charge is 2.17. The number of imide groups is 1. The van der Waals surface area contributed by atoms with Crippen molar-refractivity contribution in [2.24, 2.45) is 11.6 Å². The Labute approximate surface area is 229 Å². The highest BCUT2D eigenvalue weighted by molar-refractivity contribution is 8.76. The van der Waals surface area contributed by atoms with Crippen molar-refractivity contribution in [1.29, 1.82) is 0 Å². The number of hydrogen-bond donors (Lipinski definition) is 2. The van der Waals surface area contributed by atoms with Crippen LogP contribution >= 0.6 is 21.6 Å². The van der Waals surface area contributed by atoms with E-state index in [9.17, 15) is 24.0 Å². The van der Waals surface area contributed by atoms with Crippen molar-refractivity contribution < 1.29 is 28.8 Å². The van der Waals surface area contributed by atoms with Gasteiger partial charge >= 0.3 is 0 Å². The van der Waals surface area contributed by atoms with Gasteiger partial charge in [-0.25, -0.2) is 10.9 Å². The zero-order chi connectivity index (χ0) is 28.4. The summed E-state index contributed by atoms with van der Waals surface area (Å²) in [5.41, 5.74) is 4.82. The van der Waals surface area contributed by atoms with E-state index in [1.54, 1.807) is 41.6 Å². The molecule has 2 heterocycles. The second kappa shape index (κ2) is 29.8. The molecule has 0 unspecified atom stereocenters. The van der Waals surface area contributed by atoms with Crippen LogP contribution < -0.4 is 11.6 Å². The molecule has 0 radical (unpaired) electrons. The second-order valence-corrected chi connectivity index (χ2v) is 9.40. The molecule has 0 spiro atoms. The van der Waals surface area contributed by atoms with E-state index < -0.39 is 0 Å². The molecule has 37 heavy (non-hydrogen) atoms. The second-order valence-electron chi connectivity index (χ2n) is 6.98. The van der Waals surface area contributed by atoms with Crippen LogP contribution in [0, 0.1) is 0 Å². The number of rotatable bonds is 9. The van der Waals surface area contributed by atoms with E-state index in [1.807, 2.05) is 31.4 Å². The first-order valence-electron chi connectivity index (χ1n) is 11.1. The lowest BCUT2D eigenvalue weighted by Gasteiger charge is -2.01. The first-order chi connectivity index (χ1) is 17.0. The number of unbranched alkanes of at least 4 members (excludes halogenated alkanes) is 1. The normalized spacial score (nSPS) is 10.6. The Hall–Kier alpha value is -2.38. The summed E-state index contributed by atoms with van der Waals surface area (Å²) < 4.78 is 0. The summed E-state index contributed by atoms with van der Waals surface area (Å²) in [5.74, 6) is 4.79. The molecular weight excluding hydrogens is 516 g/mol. The molecule has 1 aromatic heterocycles. The minimum atomic E-state index is -0.241. The predicted molar refractivity (Wildman–Crippen MR) is 153 cm³/mol. The fourth-order valence-electron chi connectivity index (χ4n) is 1.52. The summed E-state index contributed by atoms with van der Waals surface area (Å²) in [6, 6.07) is 5.91. The van der Waals surface area contributed by atoms with Gasteiger partial charge in [0.1, 0.15) is 22.4 Å². The maximum Gasteiger partial charge on any atom is 0.253 e. The van der Waals surface area contributed by atoms with Crippen LogP contribution in [0.1, 0.15) is 60.8 Å². The lowest BCUT2D eigenvalue weighted by molar-refractivity contribution is -0.135. The number of likely N-dealkylation sites (N-methyl/N-ethyl adjacent to an activating group) is 1. The van der Waals surface area contributed by atoms with Crippen LogP contribution in [0.2, 0.25) is 0 Å². The molecule has 1 aliphatic heterocycles. The van der Waals surface area contributed by atoms with Crippen LogP contribution in [0.25, 0.3) is 0 Å². The van der Waals surface area contributed by atoms with Crippen LogP contribution in [0.3, 0.4) is 0 Å². The first-order valence-corrected chi connectivity index (χ1v) is 13.6. The predicted octanol–water partition coefficient (Wildman–Crippen LogP) is 3.78. The third-order valence-electron chi connectivity index (χ3n) is 3.66. The number of hydrogen-bond acceptors (Lipinski definition) is 11. The van der Waals surface area contributed by atoms with E-state index in [0.29, 0.717) is 19.4 Å². The first kappa shape index (κ1) is 41.7. The molecule has 0 saturated heterocycles. The van der Waals surface area contributed by atoms with Crippen LogP contribution in [-0.4, -0.2) is 65.5 Å². The minimum absolute atomic E-state index is 0. The maximum atomic E-state index is 10.4. The van der Waals surface area contributed by atoms with E-state index in [0.717, 1.165) is 22.8 Å². The number of pyridine rings is 1. The van der Waals surface area contributed by atoms with E-state index in [4.69, 9.17) is 11.6 Å². The van der Waals surface area contributed by atoms with Crippen molar-refractivity contribution >= 4 is 50.8 Å². The molecule has 0 aromatic carbocycles. The number of carbonyl (C=O) groups is 5. The van der Waals surface area contributed by atoms with E-state index in [2.05, 4.69) is 9.82 Å². The number of nitrogens with zero attached hydrogens (tertiary/aromatic N) is 2. The smallest absolute Gasteiger partial charge is 0.253 e. The summed E-state index contributed by atoms with van der Waals surface area (Å²) in [5, 5.41) is 1.07.